The van der Waals surface area contributed by atoms with Crippen LogP contribution in [0.25, 0.3) is 0 Å². The number of nitrogens with zero attached hydrogens (tertiary/aromatic N) is 1. The molecule has 4 nitrogen and oxygen atoms in total. The zero-order valence-corrected chi connectivity index (χ0v) is 14.0. The maximum Gasteiger partial charge on any atom is 0.225 e. The fourth-order valence-corrected chi connectivity index (χ4v) is 2.82. The SMILES string of the molecule is CCCCCC[C@H](C)NC(=O)[C@H]1CC(=O)N(CCCC)C1. The van der Waals surface area contributed by atoms with Gasteiger partial charge in [0.25, 0.3) is 0 Å². The van der Waals surface area contributed by atoms with Gasteiger partial charge in [0.15, 0.2) is 0 Å². The number of carbonyl (C=O) groups excluding carboxylic acids is 2. The van der Waals surface area contributed by atoms with Crippen LogP contribution in [-0.4, -0.2) is 35.8 Å². The van der Waals surface area contributed by atoms with Crippen molar-refractivity contribution in [2.45, 2.75) is 78.2 Å². The number of unbranched alkanes of at least 4 members (excludes halogenated alkanes) is 4. The summed E-state index contributed by atoms with van der Waals surface area (Å²) in [6, 6.07) is 0.217. The lowest BCUT2D eigenvalue weighted by molar-refractivity contribution is -0.129. The normalized spacial score (nSPS) is 19.9. The van der Waals surface area contributed by atoms with Crippen LogP contribution >= 0.6 is 0 Å². The minimum Gasteiger partial charge on any atom is -0.353 e. The molecule has 0 saturated carbocycles. The molecule has 4 heteroatoms. The summed E-state index contributed by atoms with van der Waals surface area (Å²) < 4.78 is 0. The molecule has 1 heterocycles. The van der Waals surface area contributed by atoms with Crippen LogP contribution < -0.4 is 5.32 Å². The predicted molar refractivity (Wildman–Crippen MR) is 86.0 cm³/mol. The predicted octanol–water partition coefficient (Wildman–Crippen LogP) is 3.11. The largest absolute Gasteiger partial charge is 0.353 e. The van der Waals surface area contributed by atoms with Gasteiger partial charge in [0.2, 0.25) is 11.8 Å². The number of hydrogen-bond donors (Lipinski definition) is 1. The summed E-state index contributed by atoms with van der Waals surface area (Å²) in [5.41, 5.74) is 0. The highest BCUT2D eigenvalue weighted by atomic mass is 16.2. The highest BCUT2D eigenvalue weighted by Crippen LogP contribution is 2.19. The third-order valence-corrected chi connectivity index (χ3v) is 4.25. The quantitative estimate of drug-likeness (QED) is 0.630. The Kier molecular flexibility index (Phi) is 8.40. The molecule has 1 aliphatic rings. The van der Waals surface area contributed by atoms with Gasteiger partial charge in [-0.1, -0.05) is 46.0 Å². The van der Waals surface area contributed by atoms with Gasteiger partial charge in [-0.2, -0.15) is 0 Å². The molecule has 21 heavy (non-hydrogen) atoms. The van der Waals surface area contributed by atoms with E-state index in [1.165, 1.54) is 25.7 Å². The number of rotatable bonds is 10. The van der Waals surface area contributed by atoms with E-state index < -0.39 is 0 Å². The van der Waals surface area contributed by atoms with Crippen LogP contribution in [-0.2, 0) is 9.59 Å². The molecule has 1 aliphatic heterocycles. The lowest BCUT2D eigenvalue weighted by atomic mass is 10.1. The average molecular weight is 296 g/mol. The number of carbonyl (C=O) groups is 2. The Morgan fingerprint density at radius 3 is 2.62 bits per heavy atom. The maximum absolute atomic E-state index is 12.2. The van der Waals surface area contributed by atoms with Crippen molar-refractivity contribution < 1.29 is 9.59 Å². The van der Waals surface area contributed by atoms with Gasteiger partial charge in [-0.15, -0.1) is 0 Å². The highest BCUT2D eigenvalue weighted by Gasteiger charge is 2.34. The van der Waals surface area contributed by atoms with Gasteiger partial charge in [0.1, 0.15) is 0 Å². The lowest BCUT2D eigenvalue weighted by Crippen LogP contribution is -2.38. The van der Waals surface area contributed by atoms with Gasteiger partial charge >= 0.3 is 0 Å². The van der Waals surface area contributed by atoms with Gasteiger partial charge in [-0.25, -0.2) is 0 Å². The lowest BCUT2D eigenvalue weighted by Gasteiger charge is -2.18. The second-order valence-corrected chi connectivity index (χ2v) is 6.35. The van der Waals surface area contributed by atoms with E-state index >= 15 is 0 Å². The summed E-state index contributed by atoms with van der Waals surface area (Å²) in [5.74, 6) is 0.0528. The van der Waals surface area contributed by atoms with Crippen LogP contribution in [0, 0.1) is 5.92 Å². The fourth-order valence-electron chi connectivity index (χ4n) is 2.82. The molecular weight excluding hydrogens is 264 g/mol. The molecule has 122 valence electrons. The molecule has 2 amide bonds. The Bertz CT molecular complexity index is 331. The van der Waals surface area contributed by atoms with Crippen LogP contribution in [0.2, 0.25) is 0 Å². The van der Waals surface area contributed by atoms with E-state index in [2.05, 4.69) is 26.1 Å². The van der Waals surface area contributed by atoms with Gasteiger partial charge < -0.3 is 10.2 Å². The summed E-state index contributed by atoms with van der Waals surface area (Å²) in [7, 11) is 0. The van der Waals surface area contributed by atoms with Crippen LogP contribution in [0.15, 0.2) is 0 Å². The number of hydrogen-bond acceptors (Lipinski definition) is 2. The Balaban J connectivity index is 2.27. The standard InChI is InChI=1S/C17H32N2O2/c1-4-6-8-9-10-14(3)18-17(21)15-12-16(20)19(13-15)11-7-5-2/h14-15H,4-13H2,1-3H3,(H,18,21)/t14-,15-/m0/s1. The zero-order valence-electron chi connectivity index (χ0n) is 14.0. The molecule has 1 N–H and O–H groups in total. The van der Waals surface area contributed by atoms with E-state index in [0.29, 0.717) is 13.0 Å². The van der Waals surface area contributed by atoms with Crippen molar-refractivity contribution in [3.63, 3.8) is 0 Å². The maximum atomic E-state index is 12.2. The molecule has 1 rings (SSSR count). The third kappa shape index (κ3) is 6.49. The van der Waals surface area contributed by atoms with Crippen molar-refractivity contribution in [3.8, 4) is 0 Å². The summed E-state index contributed by atoms with van der Waals surface area (Å²) in [6.45, 7) is 7.78. The van der Waals surface area contributed by atoms with Crippen molar-refractivity contribution in [3.05, 3.63) is 0 Å². The molecule has 0 aliphatic carbocycles. The molecule has 0 radical (unpaired) electrons. The number of amides is 2. The van der Waals surface area contributed by atoms with Gasteiger partial charge in [0, 0.05) is 25.6 Å². The summed E-state index contributed by atoms with van der Waals surface area (Å²) in [6.07, 6.45) is 8.43. The second kappa shape index (κ2) is 9.80. The highest BCUT2D eigenvalue weighted by molar-refractivity contribution is 5.89. The molecule has 0 aromatic carbocycles. The molecule has 0 aromatic rings. The van der Waals surface area contributed by atoms with E-state index in [0.717, 1.165) is 25.8 Å². The van der Waals surface area contributed by atoms with Crippen molar-refractivity contribution in [2.75, 3.05) is 13.1 Å². The first-order valence-corrected chi connectivity index (χ1v) is 8.66. The molecule has 0 bridgehead atoms. The van der Waals surface area contributed by atoms with Gasteiger partial charge in [0.05, 0.1) is 5.92 Å². The summed E-state index contributed by atoms with van der Waals surface area (Å²) in [4.78, 5) is 25.9. The summed E-state index contributed by atoms with van der Waals surface area (Å²) >= 11 is 0. The minimum atomic E-state index is -0.146. The minimum absolute atomic E-state index is 0.0605. The average Bonchev–Trinajstić information content (AvgIpc) is 2.83. The van der Waals surface area contributed by atoms with Crippen molar-refractivity contribution in [1.29, 1.82) is 0 Å². The molecule has 1 saturated heterocycles. The molecule has 1 fully saturated rings. The van der Waals surface area contributed by atoms with E-state index in [4.69, 9.17) is 0 Å². The van der Waals surface area contributed by atoms with Gasteiger partial charge in [-0.05, 0) is 19.8 Å². The molecular formula is C17H32N2O2. The van der Waals surface area contributed by atoms with E-state index in [9.17, 15) is 9.59 Å². The Morgan fingerprint density at radius 2 is 1.95 bits per heavy atom. The summed E-state index contributed by atoms with van der Waals surface area (Å²) in [5, 5.41) is 3.08. The zero-order chi connectivity index (χ0) is 15.7. The van der Waals surface area contributed by atoms with Crippen molar-refractivity contribution >= 4 is 11.8 Å². The van der Waals surface area contributed by atoms with Crippen LogP contribution in [0.1, 0.15) is 72.1 Å². The Labute approximate surface area is 129 Å². The van der Waals surface area contributed by atoms with E-state index in [1.54, 1.807) is 0 Å². The first-order valence-electron chi connectivity index (χ1n) is 8.66. The first kappa shape index (κ1) is 18.0. The van der Waals surface area contributed by atoms with Crippen LogP contribution in [0.4, 0.5) is 0 Å². The van der Waals surface area contributed by atoms with Crippen molar-refractivity contribution in [1.82, 2.24) is 10.2 Å². The molecule has 2 atom stereocenters. The first-order chi connectivity index (χ1) is 10.1. The van der Waals surface area contributed by atoms with Gasteiger partial charge in [-0.3, -0.25) is 9.59 Å². The van der Waals surface area contributed by atoms with Crippen LogP contribution in [0.3, 0.4) is 0 Å². The molecule has 0 aromatic heterocycles. The Hall–Kier alpha value is -1.06. The second-order valence-electron chi connectivity index (χ2n) is 6.35. The molecule has 0 unspecified atom stereocenters. The molecule has 0 spiro atoms. The number of nitrogens with one attached hydrogen (secondary N) is 1. The topological polar surface area (TPSA) is 49.4 Å². The smallest absolute Gasteiger partial charge is 0.225 e. The van der Waals surface area contributed by atoms with Crippen molar-refractivity contribution in [2.24, 2.45) is 5.92 Å². The van der Waals surface area contributed by atoms with E-state index in [-0.39, 0.29) is 23.8 Å². The number of likely N-dealkylation sites (tertiary alicyclic amines) is 1. The third-order valence-electron chi connectivity index (χ3n) is 4.25. The fraction of sp³-hybridized carbons (Fsp3) is 0.882. The Morgan fingerprint density at radius 1 is 1.24 bits per heavy atom. The van der Waals surface area contributed by atoms with Crippen LogP contribution in [0.5, 0.6) is 0 Å². The monoisotopic (exact) mass is 296 g/mol. The van der Waals surface area contributed by atoms with E-state index in [1.807, 2.05) is 4.90 Å².